The highest BCUT2D eigenvalue weighted by Gasteiger charge is 2.19. The van der Waals surface area contributed by atoms with Gasteiger partial charge in [-0.15, -0.1) is 0 Å². The van der Waals surface area contributed by atoms with Crippen molar-refractivity contribution in [2.45, 2.75) is 20.8 Å². The number of carbonyl (C=O) groups excluding carboxylic acids is 2. The van der Waals surface area contributed by atoms with Gasteiger partial charge in [-0.3, -0.25) is 4.79 Å². The maximum Gasteiger partial charge on any atom is 0.379 e. The van der Waals surface area contributed by atoms with Crippen LogP contribution in [0.25, 0.3) is 11.8 Å². The Morgan fingerprint density at radius 3 is 2.37 bits per heavy atom. The van der Waals surface area contributed by atoms with Crippen LogP contribution in [0, 0.1) is 19.7 Å². The van der Waals surface area contributed by atoms with Gasteiger partial charge in [0.05, 0.1) is 5.69 Å². The van der Waals surface area contributed by atoms with E-state index >= 15 is 0 Å². The fraction of sp³-hybridized carbons (Fsp3) is 0.130. The molecule has 0 N–H and O–H groups in total. The van der Waals surface area contributed by atoms with Gasteiger partial charge in [0, 0.05) is 23.3 Å². The van der Waals surface area contributed by atoms with E-state index < -0.39 is 11.9 Å². The summed E-state index contributed by atoms with van der Waals surface area (Å²) in [5.41, 5.74) is 2.38. The third-order valence-electron chi connectivity index (χ3n) is 4.33. The quantitative estimate of drug-likeness (QED) is 0.237. The van der Waals surface area contributed by atoms with Gasteiger partial charge in [0.2, 0.25) is 5.76 Å². The highest BCUT2D eigenvalue weighted by molar-refractivity contribution is 6.30. The van der Waals surface area contributed by atoms with Crippen LogP contribution in [0.2, 0.25) is 5.02 Å². The fourth-order valence-corrected chi connectivity index (χ4v) is 3.15. The maximum atomic E-state index is 14.3. The van der Waals surface area contributed by atoms with Gasteiger partial charge in [-0.05, 0) is 68.0 Å². The normalized spacial score (nSPS) is 11.3. The van der Waals surface area contributed by atoms with Crippen molar-refractivity contribution in [3.63, 3.8) is 0 Å². The predicted molar refractivity (Wildman–Crippen MR) is 112 cm³/mol. The molecule has 0 bridgehead atoms. The minimum Gasteiger partial charge on any atom is -0.421 e. The van der Waals surface area contributed by atoms with E-state index in [-0.39, 0.29) is 17.3 Å². The minimum atomic E-state index is -0.844. The molecule has 0 fully saturated rings. The summed E-state index contributed by atoms with van der Waals surface area (Å²) in [5.74, 6) is -1.93. The highest BCUT2D eigenvalue weighted by atomic mass is 35.5. The number of carbonyl (C=O) groups is 2. The molecule has 0 atom stereocenters. The van der Waals surface area contributed by atoms with E-state index in [1.807, 2.05) is 6.92 Å². The molecule has 0 saturated heterocycles. The van der Waals surface area contributed by atoms with Crippen LogP contribution in [0.3, 0.4) is 0 Å². The van der Waals surface area contributed by atoms with E-state index in [9.17, 15) is 14.0 Å². The lowest BCUT2D eigenvalue weighted by Crippen LogP contribution is -2.15. The lowest BCUT2D eigenvalue weighted by Gasteiger charge is -2.11. The standard InChI is InChI=1S/C23H19ClFNO4/c1-14-12-17(15(2)26(14)21-7-5-4-6-20(21)25)13-22(29-16(3)27)23(28)30-19-10-8-18(24)9-11-19/h4-13H,1-3H3. The van der Waals surface area contributed by atoms with Crippen LogP contribution in [-0.4, -0.2) is 16.5 Å². The van der Waals surface area contributed by atoms with Crippen molar-refractivity contribution in [2.24, 2.45) is 0 Å². The molecule has 1 aromatic heterocycles. The summed E-state index contributed by atoms with van der Waals surface area (Å²) >= 11 is 5.83. The van der Waals surface area contributed by atoms with E-state index in [4.69, 9.17) is 21.1 Å². The average Bonchev–Trinajstić information content (AvgIpc) is 2.96. The van der Waals surface area contributed by atoms with Gasteiger partial charge < -0.3 is 14.0 Å². The van der Waals surface area contributed by atoms with Crippen molar-refractivity contribution >= 4 is 29.6 Å². The summed E-state index contributed by atoms with van der Waals surface area (Å²) in [7, 11) is 0. The van der Waals surface area contributed by atoms with E-state index in [1.165, 1.54) is 31.2 Å². The molecule has 0 aliphatic heterocycles. The molecular weight excluding hydrogens is 409 g/mol. The first-order chi connectivity index (χ1) is 14.3. The Kier molecular flexibility index (Phi) is 6.37. The molecule has 0 aliphatic carbocycles. The van der Waals surface area contributed by atoms with Gasteiger partial charge in [-0.2, -0.15) is 0 Å². The Morgan fingerprint density at radius 2 is 1.73 bits per heavy atom. The number of nitrogens with zero attached hydrogens (tertiary/aromatic N) is 1. The Balaban J connectivity index is 1.98. The van der Waals surface area contributed by atoms with Crippen molar-refractivity contribution < 1.29 is 23.5 Å². The number of esters is 2. The third-order valence-corrected chi connectivity index (χ3v) is 4.58. The Morgan fingerprint density at radius 1 is 1.07 bits per heavy atom. The number of rotatable bonds is 5. The average molecular weight is 428 g/mol. The van der Waals surface area contributed by atoms with Gasteiger partial charge in [0.15, 0.2) is 0 Å². The lowest BCUT2D eigenvalue weighted by atomic mass is 10.2. The second-order valence-electron chi connectivity index (χ2n) is 6.56. The Bertz CT molecular complexity index is 1130. The number of halogens is 2. The van der Waals surface area contributed by atoms with Gasteiger partial charge in [-0.25, -0.2) is 9.18 Å². The summed E-state index contributed by atoms with van der Waals surface area (Å²) in [4.78, 5) is 24.1. The van der Waals surface area contributed by atoms with Crippen LogP contribution >= 0.6 is 11.6 Å². The molecule has 0 radical (unpaired) electrons. The van der Waals surface area contributed by atoms with Crippen molar-refractivity contribution in [3.05, 3.63) is 88.1 Å². The number of para-hydroxylation sites is 1. The molecule has 0 amide bonds. The Hall–Kier alpha value is -3.38. The zero-order valence-electron chi connectivity index (χ0n) is 16.6. The van der Waals surface area contributed by atoms with Crippen molar-refractivity contribution in [2.75, 3.05) is 0 Å². The monoisotopic (exact) mass is 427 g/mol. The highest BCUT2D eigenvalue weighted by Crippen LogP contribution is 2.25. The van der Waals surface area contributed by atoms with Crippen LogP contribution in [0.5, 0.6) is 5.75 Å². The number of aryl methyl sites for hydroxylation is 1. The molecule has 0 unspecified atom stereocenters. The lowest BCUT2D eigenvalue weighted by molar-refractivity contribution is -0.145. The topological polar surface area (TPSA) is 57.5 Å². The number of ether oxygens (including phenoxy) is 2. The van der Waals surface area contributed by atoms with Crippen molar-refractivity contribution in [1.29, 1.82) is 0 Å². The van der Waals surface area contributed by atoms with Crippen LogP contribution in [0.4, 0.5) is 4.39 Å². The van der Waals surface area contributed by atoms with Gasteiger partial charge in [0.25, 0.3) is 0 Å². The molecule has 3 rings (SSSR count). The second kappa shape index (κ2) is 8.97. The van der Waals surface area contributed by atoms with E-state index in [1.54, 1.807) is 47.9 Å². The van der Waals surface area contributed by atoms with Crippen molar-refractivity contribution in [3.8, 4) is 11.4 Å². The number of aromatic nitrogens is 1. The third kappa shape index (κ3) is 4.78. The van der Waals surface area contributed by atoms with Crippen molar-refractivity contribution in [1.82, 2.24) is 4.57 Å². The molecule has 0 saturated carbocycles. The van der Waals surface area contributed by atoms with Crippen LogP contribution in [-0.2, 0) is 14.3 Å². The largest absolute Gasteiger partial charge is 0.421 e. The summed E-state index contributed by atoms with van der Waals surface area (Å²) < 4.78 is 26.4. The molecule has 5 nitrogen and oxygen atoms in total. The van der Waals surface area contributed by atoms with E-state index in [0.717, 1.165) is 5.69 Å². The SMILES string of the molecule is CC(=O)OC(=Cc1cc(C)n(-c2ccccc2F)c1C)C(=O)Oc1ccc(Cl)cc1. The molecule has 154 valence electrons. The second-order valence-corrected chi connectivity index (χ2v) is 7.00. The number of benzene rings is 2. The van der Waals surface area contributed by atoms with E-state index in [0.29, 0.717) is 22.0 Å². The number of hydrogen-bond acceptors (Lipinski definition) is 4. The molecule has 0 spiro atoms. The van der Waals surface area contributed by atoms with Gasteiger partial charge in [-0.1, -0.05) is 23.7 Å². The predicted octanol–water partition coefficient (Wildman–Crippen LogP) is 5.40. The van der Waals surface area contributed by atoms with Crippen LogP contribution in [0.1, 0.15) is 23.9 Å². The van der Waals surface area contributed by atoms with Gasteiger partial charge >= 0.3 is 11.9 Å². The molecule has 7 heteroatoms. The summed E-state index contributed by atoms with van der Waals surface area (Å²) in [6.45, 7) is 4.78. The van der Waals surface area contributed by atoms with Crippen LogP contribution in [0.15, 0.2) is 60.4 Å². The minimum absolute atomic E-state index is 0.249. The summed E-state index contributed by atoms with van der Waals surface area (Å²) in [5, 5.41) is 0.492. The summed E-state index contributed by atoms with van der Waals surface area (Å²) in [6, 6.07) is 14.3. The first-order valence-electron chi connectivity index (χ1n) is 9.08. The molecule has 0 aliphatic rings. The van der Waals surface area contributed by atoms with Gasteiger partial charge in [0.1, 0.15) is 11.6 Å². The first kappa shape index (κ1) is 21.3. The zero-order chi connectivity index (χ0) is 21.8. The fourth-order valence-electron chi connectivity index (χ4n) is 3.02. The first-order valence-corrected chi connectivity index (χ1v) is 9.45. The molecule has 30 heavy (non-hydrogen) atoms. The molecule has 3 aromatic rings. The maximum absolute atomic E-state index is 14.3. The molecule has 2 aromatic carbocycles. The summed E-state index contributed by atoms with van der Waals surface area (Å²) in [6.07, 6.45) is 1.40. The number of hydrogen-bond donors (Lipinski definition) is 0. The molecular formula is C23H19ClFNO4. The Labute approximate surface area is 178 Å². The van der Waals surface area contributed by atoms with E-state index in [2.05, 4.69) is 0 Å². The zero-order valence-corrected chi connectivity index (χ0v) is 17.4. The molecule has 1 heterocycles. The van der Waals surface area contributed by atoms with Crippen LogP contribution < -0.4 is 4.74 Å². The smallest absolute Gasteiger partial charge is 0.379 e.